The molecule has 0 aromatic heterocycles. The van der Waals surface area contributed by atoms with E-state index in [1.54, 1.807) is 31.8 Å². The van der Waals surface area contributed by atoms with Gasteiger partial charge < -0.3 is 98.7 Å². The summed E-state index contributed by atoms with van der Waals surface area (Å²) in [5.41, 5.74) is 6.56. The van der Waals surface area contributed by atoms with E-state index in [-0.39, 0.29) is 178 Å². The zero-order valence-electron chi connectivity index (χ0n) is 85.6. The number of cyclic esters (lactones) is 4. The predicted molar refractivity (Wildman–Crippen MR) is 553 cm³/mol. The zero-order chi connectivity index (χ0) is 105. The van der Waals surface area contributed by atoms with Gasteiger partial charge in [0.15, 0.2) is 26.4 Å². The summed E-state index contributed by atoms with van der Waals surface area (Å²) in [6.07, 6.45) is 37.1. The largest absolute Gasteiger partial charge is 0.508 e. The van der Waals surface area contributed by atoms with Gasteiger partial charge in [0, 0.05) is 128 Å². The fraction of sp³-hybridized carbons (Fsp3) is 0.519. The Morgan fingerprint density at radius 2 is 0.549 bits per heavy atom. The third kappa shape index (κ3) is 40.8. The van der Waals surface area contributed by atoms with Gasteiger partial charge in [-0.25, -0.2) is 19.2 Å². The van der Waals surface area contributed by atoms with E-state index in [1.807, 2.05) is 147 Å². The number of hydrogen-bond donors (Lipinski definition) is 8. The summed E-state index contributed by atoms with van der Waals surface area (Å²) in [5.74, 6) is -6.21. The van der Waals surface area contributed by atoms with Gasteiger partial charge in [0.2, 0.25) is 0 Å². The van der Waals surface area contributed by atoms with Crippen LogP contribution in [0.25, 0.3) is 0 Å². The van der Waals surface area contributed by atoms with Gasteiger partial charge in [-0.2, -0.15) is 0 Å². The number of benzene rings is 4. The lowest BCUT2D eigenvalue weighted by atomic mass is 9.98. The predicted octanol–water partition coefficient (Wildman–Crippen LogP) is 20.9. The number of ether oxygens (including phenoxy) is 4. The monoisotopic (exact) mass is 2010 g/mol. The number of likely N-dealkylation sites (N-methyl/N-ethyl adjacent to an activating group) is 4. The van der Waals surface area contributed by atoms with Crippen molar-refractivity contribution in [3.63, 3.8) is 0 Å². The van der Waals surface area contributed by atoms with Crippen molar-refractivity contribution in [3.05, 3.63) is 186 Å². The fourth-order valence-corrected chi connectivity index (χ4v) is 16.4. The first-order chi connectivity index (χ1) is 68.0. The molecule has 0 aliphatic carbocycles. The normalized spacial score (nSPS) is 20.6. The number of nitrogens with zero attached hydrogens (tertiary/aromatic N) is 8. The van der Waals surface area contributed by atoms with Crippen LogP contribution in [0.3, 0.4) is 0 Å². The second-order valence-electron chi connectivity index (χ2n) is 34.8. The third-order valence-electron chi connectivity index (χ3n) is 23.5. The summed E-state index contributed by atoms with van der Waals surface area (Å²) in [6, 6.07) is 7.12. The topological polar surface area (TPSA) is 435 Å². The molecule has 32 nitrogen and oxygen atoms in total. The highest BCUT2D eigenvalue weighted by Gasteiger charge is 2.32. The van der Waals surface area contributed by atoms with Crippen molar-refractivity contribution in [2.75, 3.05) is 78.8 Å². The molecule has 142 heavy (non-hydrogen) atoms. The van der Waals surface area contributed by atoms with Crippen LogP contribution in [0.5, 0.6) is 46.0 Å². The van der Waals surface area contributed by atoms with Crippen LogP contribution in [0, 0.1) is 0 Å². The smallest absolute Gasteiger partial charge is 0.342 e. The summed E-state index contributed by atoms with van der Waals surface area (Å²) >= 11 is 12.8. The number of carbonyl (C=O) groups excluding carboxylic acids is 8. The van der Waals surface area contributed by atoms with Crippen molar-refractivity contribution in [2.45, 2.75) is 289 Å². The van der Waals surface area contributed by atoms with Crippen LogP contribution in [-0.2, 0) is 83.2 Å². The molecule has 4 heterocycles. The van der Waals surface area contributed by atoms with E-state index < -0.39 is 35.4 Å². The number of phenols is 8. The maximum atomic E-state index is 13.2. The lowest BCUT2D eigenvalue weighted by molar-refractivity contribution is -0.136. The van der Waals surface area contributed by atoms with Crippen molar-refractivity contribution in [2.24, 2.45) is 20.6 Å². The molecule has 0 fully saturated rings. The average Bonchev–Trinajstić information content (AvgIpc) is 0.805. The number of halogens is 2. The molecule has 0 saturated carbocycles. The van der Waals surface area contributed by atoms with E-state index in [4.69, 9.17) is 61.5 Å². The van der Waals surface area contributed by atoms with Crippen LogP contribution in [0.1, 0.15) is 303 Å². The van der Waals surface area contributed by atoms with Crippen LogP contribution in [-0.4, -0.2) is 234 Å². The minimum absolute atomic E-state index is 0.0112. The van der Waals surface area contributed by atoms with Crippen molar-refractivity contribution < 1.29 is 118 Å². The number of fused-ring (bicyclic) bond motifs is 4. The van der Waals surface area contributed by atoms with Crippen LogP contribution in [0.4, 0.5) is 0 Å². The molecule has 8 rings (SSSR count). The van der Waals surface area contributed by atoms with Gasteiger partial charge in [-0.05, 0) is 219 Å². The van der Waals surface area contributed by atoms with Crippen LogP contribution in [0.2, 0.25) is 10.0 Å². The number of allylic oxidation sites excluding steroid dienone is 12. The number of carbonyl (C=O) groups is 8. The van der Waals surface area contributed by atoms with Crippen molar-refractivity contribution in [1.82, 2.24) is 19.6 Å². The third-order valence-corrected chi connectivity index (χ3v) is 24.3. The van der Waals surface area contributed by atoms with E-state index in [1.165, 1.54) is 12.1 Å². The number of rotatable bonds is 28. The Labute approximate surface area is 846 Å². The summed E-state index contributed by atoms with van der Waals surface area (Å²) in [6.45, 7) is 34.7. The van der Waals surface area contributed by atoms with Crippen molar-refractivity contribution >= 4 is 93.6 Å². The molecule has 34 heteroatoms. The van der Waals surface area contributed by atoms with E-state index in [2.05, 4.69) is 44.9 Å². The first kappa shape index (κ1) is 120. The fourth-order valence-electron chi connectivity index (χ4n) is 15.9. The molecular formula is C108H150Cl2N8O24. The number of amides is 4. The first-order valence-corrected chi connectivity index (χ1v) is 50.3. The van der Waals surface area contributed by atoms with Gasteiger partial charge in [-0.1, -0.05) is 168 Å². The van der Waals surface area contributed by atoms with Crippen molar-refractivity contribution in [1.29, 1.82) is 0 Å². The molecule has 0 spiro atoms. The summed E-state index contributed by atoms with van der Waals surface area (Å²) in [4.78, 5) is 130. The quantitative estimate of drug-likeness (QED) is 0.0113. The molecule has 4 amide bonds. The number of esters is 4. The van der Waals surface area contributed by atoms with Crippen LogP contribution < -0.4 is 0 Å². The molecule has 780 valence electrons. The minimum Gasteiger partial charge on any atom is -0.508 e. The molecular weight excluding hydrogens is 1860 g/mol. The van der Waals surface area contributed by atoms with Gasteiger partial charge in [0.25, 0.3) is 23.6 Å². The Morgan fingerprint density at radius 3 is 0.782 bits per heavy atom. The second-order valence-corrected chi connectivity index (χ2v) is 35.5. The molecule has 4 aromatic rings. The Hall–Kier alpha value is -12.6. The number of phenolic OH excluding ortho intramolecular Hbond substituents is 8. The highest BCUT2D eigenvalue weighted by Crippen LogP contribution is 2.41. The van der Waals surface area contributed by atoms with Gasteiger partial charge in [0.05, 0.1) is 32.9 Å². The maximum absolute atomic E-state index is 13.2. The molecule has 0 bridgehead atoms. The molecule has 4 atom stereocenters. The molecule has 0 radical (unpaired) electrons. The summed E-state index contributed by atoms with van der Waals surface area (Å²) in [7, 11) is 0. The van der Waals surface area contributed by atoms with E-state index in [0.29, 0.717) is 138 Å². The zero-order valence-corrected chi connectivity index (χ0v) is 87.1. The summed E-state index contributed by atoms with van der Waals surface area (Å²) < 4.78 is 22.9. The first-order valence-electron chi connectivity index (χ1n) is 49.5. The van der Waals surface area contributed by atoms with E-state index in [9.17, 15) is 79.2 Å². The number of oxime groups is 4. The Kier molecular flexibility index (Phi) is 54.7. The molecule has 8 N–H and O–H groups in total. The Bertz CT molecular complexity index is 4910. The van der Waals surface area contributed by atoms with Gasteiger partial charge in [-0.15, -0.1) is 0 Å². The average molecular weight is 2020 g/mol. The standard InChI is InChI=1S/2C27H37ClN2O6.2C27H38N2O6/c2*1-5-11-20-13-10-8-9-12-18(4)14-19(29-35-17-24(33)30(6-2)7-3)15-21-25(27(34)36-20)22(31)16-23(32)26(21)28;2*1-5-11-23-13-10-8-9-12-19(4)14-21(28-34-18-25(32)29(6-2)7-3)15-20-16-22(30)17-24(31)26(20)27(33)35-23/h2*8,10,14,16,20,31-32H,5-7,9,11-13,15,17H2,1-4H3;2*8,10,14,16-17,23,30-31H,5-7,9,11-13,15,18H2,1-4H3/b10-8+,18-14+,29-19+;10-8+,18-14+,29-19-;10-8+,19-14+,28-21+;10-8+,19-14+,28-21-. The lowest BCUT2D eigenvalue weighted by Gasteiger charge is -2.19. The van der Waals surface area contributed by atoms with Crippen molar-refractivity contribution in [3.8, 4) is 46.0 Å². The highest BCUT2D eigenvalue weighted by molar-refractivity contribution is 6.34. The Morgan fingerprint density at radius 1 is 0.324 bits per heavy atom. The van der Waals surface area contributed by atoms with E-state index >= 15 is 0 Å². The number of aromatic hydroxyl groups is 8. The molecule has 4 aliphatic heterocycles. The molecule has 4 aliphatic rings. The Balaban J connectivity index is 0.000000334. The van der Waals surface area contributed by atoms with Gasteiger partial charge >= 0.3 is 23.9 Å². The van der Waals surface area contributed by atoms with Crippen LogP contribution >= 0.6 is 23.2 Å². The molecule has 4 unspecified atom stereocenters. The minimum atomic E-state index is -0.731. The van der Waals surface area contributed by atoms with Crippen LogP contribution in [0.15, 0.2) is 152 Å². The lowest BCUT2D eigenvalue weighted by Crippen LogP contribution is -2.33. The van der Waals surface area contributed by atoms with Gasteiger partial charge in [0.1, 0.15) is 92.7 Å². The summed E-state index contributed by atoms with van der Waals surface area (Å²) in [5, 5.41) is 99.5. The molecule has 4 aromatic carbocycles. The second kappa shape index (κ2) is 64.8. The molecule has 0 saturated heterocycles. The maximum Gasteiger partial charge on any atom is 0.342 e. The van der Waals surface area contributed by atoms with Gasteiger partial charge in [-0.3, -0.25) is 19.2 Å². The SMILES string of the molecule is CCCC1C/C=C/CC/C(C)=C/C(=N/OCC(=O)N(CC)CC)Cc2c(Cl)c(O)cc(O)c2C(=O)O1.CCCC1C/C=C/CC/C(C)=C/C(=N/OCC(=O)N(CC)CC)Cc2cc(O)cc(O)c2C(=O)O1.CCCC1C/C=C/CC/C(C)=C/C(=N\OCC(=O)N(CC)CC)Cc2c(Cl)c(O)cc(O)c2C(=O)O1.CCCC1C/C=C/CC/C(C)=C/C(=N\OCC(=O)N(CC)CC)Cc2cc(O)cc(O)c2C(=O)O1. The van der Waals surface area contributed by atoms with E-state index in [0.717, 1.165) is 124 Å². The highest BCUT2D eigenvalue weighted by atomic mass is 35.5. The number of hydrogen-bond acceptors (Lipinski definition) is 28.